The summed E-state index contributed by atoms with van der Waals surface area (Å²) < 4.78 is 0. The van der Waals surface area contributed by atoms with Gasteiger partial charge in [0.05, 0.1) is 0 Å². The van der Waals surface area contributed by atoms with E-state index in [0.29, 0.717) is 5.54 Å². The molecule has 0 unspecified atom stereocenters. The van der Waals surface area contributed by atoms with Crippen LogP contribution in [-0.4, -0.2) is 18.8 Å². The zero-order valence-corrected chi connectivity index (χ0v) is 13.5. The molecule has 0 radical (unpaired) electrons. The molecule has 4 saturated carbocycles. The molecule has 5 rings (SSSR count). The lowest BCUT2D eigenvalue weighted by Gasteiger charge is -2.57. The Morgan fingerprint density at radius 2 is 1.82 bits per heavy atom. The Morgan fingerprint density at radius 1 is 1.18 bits per heavy atom. The average molecular weight is 297 g/mol. The molecule has 3 nitrogen and oxygen atoms in total. The maximum Gasteiger partial charge on any atom is 0.0406 e. The predicted molar refractivity (Wildman–Crippen MR) is 92.1 cm³/mol. The number of aliphatic imine (C=N–C) groups is 1. The molecule has 4 aliphatic rings. The summed E-state index contributed by atoms with van der Waals surface area (Å²) in [4.78, 5) is 4.05. The van der Waals surface area contributed by atoms with Gasteiger partial charge in [0.15, 0.2) is 0 Å². The van der Waals surface area contributed by atoms with Crippen LogP contribution in [0.25, 0.3) is 0 Å². The largest absolute Gasteiger partial charge is 0.398 e. The number of nitrogen functional groups attached to an aromatic ring is 1. The highest BCUT2D eigenvalue weighted by molar-refractivity contribution is 5.86. The zero-order valence-electron chi connectivity index (χ0n) is 13.5. The summed E-state index contributed by atoms with van der Waals surface area (Å²) in [6.07, 6.45) is 10.5. The van der Waals surface area contributed by atoms with Gasteiger partial charge in [-0.2, -0.15) is 0 Å². The molecule has 3 N–H and O–H groups in total. The van der Waals surface area contributed by atoms with Crippen molar-refractivity contribution in [1.29, 1.82) is 0 Å². The van der Waals surface area contributed by atoms with Gasteiger partial charge in [-0.15, -0.1) is 0 Å². The van der Waals surface area contributed by atoms with Gasteiger partial charge in [0.25, 0.3) is 0 Å². The lowest BCUT2D eigenvalue weighted by molar-refractivity contribution is -0.0206. The maximum absolute atomic E-state index is 6.12. The molecule has 0 saturated heterocycles. The van der Waals surface area contributed by atoms with E-state index in [1.807, 2.05) is 6.21 Å². The van der Waals surface area contributed by atoms with Crippen LogP contribution in [0.5, 0.6) is 0 Å². The normalized spacial score (nSPS) is 36.3. The highest BCUT2D eigenvalue weighted by Gasteiger charge is 2.50. The molecule has 0 aliphatic heterocycles. The lowest BCUT2D eigenvalue weighted by Crippen LogP contribution is -2.58. The first-order chi connectivity index (χ1) is 10.7. The van der Waals surface area contributed by atoms with E-state index in [4.69, 9.17) is 5.73 Å². The molecule has 4 fully saturated rings. The van der Waals surface area contributed by atoms with Gasteiger partial charge in [0.1, 0.15) is 0 Å². The van der Waals surface area contributed by atoms with Crippen molar-refractivity contribution in [2.24, 2.45) is 22.7 Å². The number of rotatable bonds is 4. The van der Waals surface area contributed by atoms with Gasteiger partial charge in [-0.1, -0.05) is 12.1 Å². The van der Waals surface area contributed by atoms with E-state index in [9.17, 15) is 0 Å². The van der Waals surface area contributed by atoms with Crippen LogP contribution in [0.4, 0.5) is 5.69 Å². The van der Waals surface area contributed by atoms with Crippen LogP contribution < -0.4 is 11.1 Å². The molecule has 4 aliphatic carbocycles. The Kier molecular flexibility index (Phi) is 3.48. The molecule has 118 valence electrons. The third-order valence-corrected chi connectivity index (χ3v) is 6.13. The van der Waals surface area contributed by atoms with Crippen LogP contribution in [0, 0.1) is 17.8 Å². The molecule has 0 aromatic heterocycles. The van der Waals surface area contributed by atoms with Gasteiger partial charge < -0.3 is 11.1 Å². The van der Waals surface area contributed by atoms with Gasteiger partial charge in [0.2, 0.25) is 0 Å². The van der Waals surface area contributed by atoms with Crippen molar-refractivity contribution in [3.63, 3.8) is 0 Å². The van der Waals surface area contributed by atoms with Crippen molar-refractivity contribution in [2.45, 2.75) is 50.6 Å². The molecule has 4 bridgehead atoms. The molecule has 1 aromatic carbocycles. The van der Waals surface area contributed by atoms with Crippen LogP contribution in [0.2, 0.25) is 0 Å². The minimum absolute atomic E-state index is 0.424. The van der Waals surface area contributed by atoms with Crippen LogP contribution in [-0.2, 0) is 6.54 Å². The summed E-state index contributed by atoms with van der Waals surface area (Å²) in [5.74, 6) is 2.98. The summed E-state index contributed by atoms with van der Waals surface area (Å²) >= 11 is 0. The minimum atomic E-state index is 0.424. The highest BCUT2D eigenvalue weighted by Crippen LogP contribution is 2.55. The Hall–Kier alpha value is -1.35. The third kappa shape index (κ3) is 2.56. The molecule has 3 heteroatoms. The average Bonchev–Trinajstić information content (AvgIpc) is 2.46. The van der Waals surface area contributed by atoms with E-state index in [-0.39, 0.29) is 0 Å². The van der Waals surface area contributed by atoms with Crippen LogP contribution in [0.3, 0.4) is 0 Å². The van der Waals surface area contributed by atoms with Crippen molar-refractivity contribution in [3.8, 4) is 0 Å². The SMILES string of the molecule is CN=Cc1ccc(CNC23CC4CC(CC(C4)C2)C3)cc1N. The Bertz CT molecular complexity index is 555. The first-order valence-corrected chi connectivity index (χ1v) is 8.71. The quantitative estimate of drug-likeness (QED) is 0.661. The molecule has 0 amide bonds. The number of benzene rings is 1. The number of anilines is 1. The molecule has 22 heavy (non-hydrogen) atoms. The van der Waals surface area contributed by atoms with E-state index < -0.39 is 0 Å². The zero-order chi connectivity index (χ0) is 15.2. The van der Waals surface area contributed by atoms with Crippen LogP contribution in [0.1, 0.15) is 49.7 Å². The molecule has 0 spiro atoms. The summed E-state index contributed by atoms with van der Waals surface area (Å²) in [6, 6.07) is 6.37. The topological polar surface area (TPSA) is 50.4 Å². The summed E-state index contributed by atoms with van der Waals surface area (Å²) in [5.41, 5.74) is 9.69. The number of hydrogen-bond acceptors (Lipinski definition) is 3. The second kappa shape index (κ2) is 5.38. The van der Waals surface area contributed by atoms with Gasteiger partial charge in [-0.3, -0.25) is 4.99 Å². The smallest absolute Gasteiger partial charge is 0.0406 e. The third-order valence-electron chi connectivity index (χ3n) is 6.13. The molecule has 0 atom stereocenters. The van der Waals surface area contributed by atoms with E-state index in [2.05, 4.69) is 28.5 Å². The first-order valence-electron chi connectivity index (χ1n) is 8.71. The second-order valence-corrected chi connectivity index (χ2v) is 7.90. The Morgan fingerprint density at radius 3 is 2.36 bits per heavy atom. The van der Waals surface area contributed by atoms with Crippen molar-refractivity contribution in [1.82, 2.24) is 5.32 Å². The lowest BCUT2D eigenvalue weighted by atomic mass is 9.53. The van der Waals surface area contributed by atoms with E-state index >= 15 is 0 Å². The van der Waals surface area contributed by atoms with Crippen molar-refractivity contribution in [3.05, 3.63) is 29.3 Å². The number of hydrogen-bond donors (Lipinski definition) is 2. The van der Waals surface area contributed by atoms with Crippen molar-refractivity contribution < 1.29 is 0 Å². The fourth-order valence-electron chi connectivity index (χ4n) is 5.61. The van der Waals surface area contributed by atoms with Gasteiger partial charge in [0, 0.05) is 36.6 Å². The number of nitrogens with two attached hydrogens (primary N) is 1. The van der Waals surface area contributed by atoms with E-state index in [0.717, 1.165) is 35.5 Å². The number of nitrogens with one attached hydrogen (secondary N) is 1. The predicted octanol–water partition coefficient (Wildman–Crippen LogP) is 3.38. The highest BCUT2D eigenvalue weighted by atomic mass is 15.0. The summed E-state index contributed by atoms with van der Waals surface area (Å²) in [6.45, 7) is 0.944. The van der Waals surface area contributed by atoms with Gasteiger partial charge in [-0.25, -0.2) is 0 Å². The molecule has 0 heterocycles. The molecular formula is C19H27N3. The molecular weight excluding hydrogens is 270 g/mol. The Balaban J connectivity index is 1.45. The fraction of sp³-hybridized carbons (Fsp3) is 0.632. The summed E-state index contributed by atoms with van der Waals surface area (Å²) in [7, 11) is 1.78. The van der Waals surface area contributed by atoms with Crippen molar-refractivity contribution in [2.75, 3.05) is 12.8 Å². The maximum atomic E-state index is 6.12. The van der Waals surface area contributed by atoms with E-state index in [1.54, 1.807) is 7.05 Å². The minimum Gasteiger partial charge on any atom is -0.398 e. The second-order valence-electron chi connectivity index (χ2n) is 7.90. The fourth-order valence-corrected chi connectivity index (χ4v) is 5.61. The standard InChI is InChI=1S/C19H27N3/c1-21-12-17-3-2-13(7-18(17)20)11-22-19-8-14-4-15(9-19)6-16(5-14)10-19/h2-3,7,12,14-16,22H,4-6,8-11,20H2,1H3. The monoisotopic (exact) mass is 297 g/mol. The van der Waals surface area contributed by atoms with E-state index in [1.165, 1.54) is 44.1 Å². The molecule has 1 aromatic rings. The number of nitrogens with zero attached hydrogens (tertiary/aromatic N) is 1. The van der Waals surface area contributed by atoms with Crippen molar-refractivity contribution >= 4 is 11.9 Å². The summed E-state index contributed by atoms with van der Waals surface area (Å²) in [5, 5.41) is 3.93. The Labute approximate surface area is 133 Å². The van der Waals surface area contributed by atoms with Crippen LogP contribution in [0.15, 0.2) is 23.2 Å². The van der Waals surface area contributed by atoms with Gasteiger partial charge in [-0.05, 0) is 67.9 Å². The van der Waals surface area contributed by atoms with Gasteiger partial charge >= 0.3 is 0 Å². The first kappa shape index (κ1) is 14.3. The van der Waals surface area contributed by atoms with Crippen LogP contribution >= 0.6 is 0 Å².